The van der Waals surface area contributed by atoms with Crippen molar-refractivity contribution in [2.24, 2.45) is 7.05 Å². The molecule has 0 spiro atoms. The van der Waals surface area contributed by atoms with Gasteiger partial charge >= 0.3 is 5.97 Å². The molecule has 0 aliphatic heterocycles. The monoisotopic (exact) mass is 338 g/mol. The van der Waals surface area contributed by atoms with Crippen molar-refractivity contribution in [2.75, 3.05) is 11.9 Å². The first-order valence-corrected chi connectivity index (χ1v) is 7.84. The summed E-state index contributed by atoms with van der Waals surface area (Å²) in [6.07, 6.45) is 5.20. The molecule has 0 aliphatic carbocycles. The summed E-state index contributed by atoms with van der Waals surface area (Å²) in [5.41, 5.74) is 1.33. The number of anilines is 1. The van der Waals surface area contributed by atoms with Gasteiger partial charge in [-0.15, -0.1) is 0 Å². The minimum Gasteiger partial charge on any atom is -0.462 e. The van der Waals surface area contributed by atoms with E-state index < -0.39 is 5.97 Å². The fourth-order valence-corrected chi connectivity index (χ4v) is 2.51. The maximum atomic E-state index is 12.7. The third-order valence-electron chi connectivity index (χ3n) is 3.63. The summed E-state index contributed by atoms with van der Waals surface area (Å²) < 4.78 is 8.42. The molecule has 0 bridgehead atoms. The summed E-state index contributed by atoms with van der Waals surface area (Å²) in [7, 11) is 1.77. The van der Waals surface area contributed by atoms with E-state index in [0.717, 1.165) is 0 Å². The van der Waals surface area contributed by atoms with Crippen molar-refractivity contribution in [1.29, 1.82) is 0 Å². The van der Waals surface area contributed by atoms with Gasteiger partial charge in [-0.2, -0.15) is 5.10 Å². The second kappa shape index (κ2) is 7.04. The number of hydrogen-bond donors (Lipinski definition) is 1. The number of nitrogens with zero attached hydrogens (tertiary/aromatic N) is 3. The van der Waals surface area contributed by atoms with E-state index in [4.69, 9.17) is 4.74 Å². The van der Waals surface area contributed by atoms with Gasteiger partial charge in [-0.3, -0.25) is 9.48 Å². The third-order valence-corrected chi connectivity index (χ3v) is 3.63. The molecule has 2 heterocycles. The molecule has 7 heteroatoms. The van der Waals surface area contributed by atoms with Gasteiger partial charge in [-0.05, 0) is 37.3 Å². The normalized spacial score (nSPS) is 10.5. The number of benzene rings is 1. The zero-order chi connectivity index (χ0) is 17.8. The van der Waals surface area contributed by atoms with Crippen LogP contribution < -0.4 is 5.32 Å². The summed E-state index contributed by atoms with van der Waals surface area (Å²) in [6.45, 7) is 2.04. The highest BCUT2D eigenvalue weighted by atomic mass is 16.5. The minimum atomic E-state index is -0.423. The lowest BCUT2D eigenvalue weighted by Crippen LogP contribution is -2.15. The van der Waals surface area contributed by atoms with Crippen LogP contribution in [0.15, 0.2) is 55.0 Å². The van der Waals surface area contributed by atoms with Gasteiger partial charge in [0.25, 0.3) is 5.91 Å². The first-order valence-electron chi connectivity index (χ1n) is 7.84. The second-order valence-electron chi connectivity index (χ2n) is 5.35. The first-order chi connectivity index (χ1) is 12.1. The second-order valence-corrected chi connectivity index (χ2v) is 5.35. The lowest BCUT2D eigenvalue weighted by atomic mass is 10.2. The highest BCUT2D eigenvalue weighted by Crippen LogP contribution is 2.17. The molecule has 1 N–H and O–H groups in total. The van der Waals surface area contributed by atoms with E-state index in [-0.39, 0.29) is 5.91 Å². The molecule has 1 amide bonds. The molecule has 0 atom stereocenters. The lowest BCUT2D eigenvalue weighted by molar-refractivity contribution is 0.0526. The highest BCUT2D eigenvalue weighted by Gasteiger charge is 2.18. The van der Waals surface area contributed by atoms with Gasteiger partial charge in [-0.1, -0.05) is 6.07 Å². The zero-order valence-corrected chi connectivity index (χ0v) is 14.0. The standard InChI is InChI=1S/C18H18N4O3/c1-3-25-18(24)13-7-6-8-14(11-13)20-16(23)15-12-19-21(2)17(15)22-9-4-5-10-22/h4-12H,3H2,1-2H3,(H,20,23). The van der Waals surface area contributed by atoms with E-state index >= 15 is 0 Å². The van der Waals surface area contributed by atoms with Crippen molar-refractivity contribution in [2.45, 2.75) is 6.92 Å². The average Bonchev–Trinajstić information content (AvgIpc) is 3.24. The van der Waals surface area contributed by atoms with Crippen LogP contribution in [0.3, 0.4) is 0 Å². The van der Waals surface area contributed by atoms with E-state index in [0.29, 0.717) is 29.2 Å². The Morgan fingerprint density at radius 1 is 1.20 bits per heavy atom. The Morgan fingerprint density at radius 3 is 2.68 bits per heavy atom. The molecule has 0 radical (unpaired) electrons. The van der Waals surface area contributed by atoms with E-state index in [9.17, 15) is 9.59 Å². The Labute approximate surface area is 144 Å². The maximum Gasteiger partial charge on any atom is 0.338 e. The van der Waals surface area contributed by atoms with Crippen molar-refractivity contribution in [3.8, 4) is 5.82 Å². The van der Waals surface area contributed by atoms with Crippen LogP contribution in [0.1, 0.15) is 27.6 Å². The number of nitrogens with one attached hydrogen (secondary N) is 1. The molecule has 7 nitrogen and oxygen atoms in total. The van der Waals surface area contributed by atoms with Crippen LogP contribution in [0.5, 0.6) is 0 Å². The molecular formula is C18H18N4O3. The minimum absolute atomic E-state index is 0.297. The first kappa shape index (κ1) is 16.5. The molecule has 3 aromatic rings. The van der Waals surface area contributed by atoms with Gasteiger partial charge in [0.1, 0.15) is 11.4 Å². The van der Waals surface area contributed by atoms with Gasteiger partial charge in [0.15, 0.2) is 0 Å². The van der Waals surface area contributed by atoms with Gasteiger partial charge in [-0.25, -0.2) is 4.79 Å². The molecular weight excluding hydrogens is 320 g/mol. The average molecular weight is 338 g/mol. The van der Waals surface area contributed by atoms with Gasteiger partial charge in [0.05, 0.1) is 18.4 Å². The molecule has 0 aliphatic rings. The summed E-state index contributed by atoms with van der Waals surface area (Å²) >= 11 is 0. The Morgan fingerprint density at radius 2 is 1.96 bits per heavy atom. The number of esters is 1. The number of rotatable bonds is 5. The summed E-state index contributed by atoms with van der Waals surface area (Å²) in [5.74, 6) is -0.0742. The van der Waals surface area contributed by atoms with E-state index in [2.05, 4.69) is 10.4 Å². The Balaban J connectivity index is 1.85. The van der Waals surface area contributed by atoms with E-state index in [1.165, 1.54) is 6.20 Å². The SMILES string of the molecule is CCOC(=O)c1cccc(NC(=O)c2cnn(C)c2-n2cccc2)c1. The quantitative estimate of drug-likeness (QED) is 0.726. The number of amides is 1. The zero-order valence-electron chi connectivity index (χ0n) is 14.0. The maximum absolute atomic E-state index is 12.7. The fraction of sp³-hybridized carbons (Fsp3) is 0.167. The highest BCUT2D eigenvalue weighted by molar-refractivity contribution is 6.06. The molecule has 25 heavy (non-hydrogen) atoms. The van der Waals surface area contributed by atoms with Crippen LogP contribution in [0.4, 0.5) is 5.69 Å². The van der Waals surface area contributed by atoms with Crippen LogP contribution in [-0.4, -0.2) is 32.8 Å². The van der Waals surface area contributed by atoms with Gasteiger partial charge in [0, 0.05) is 25.1 Å². The van der Waals surface area contributed by atoms with Crippen molar-refractivity contribution in [1.82, 2.24) is 14.3 Å². The molecule has 128 valence electrons. The molecule has 0 saturated heterocycles. The molecule has 2 aromatic heterocycles. The number of aromatic nitrogens is 3. The smallest absolute Gasteiger partial charge is 0.338 e. The van der Waals surface area contributed by atoms with Crippen molar-refractivity contribution in [3.63, 3.8) is 0 Å². The molecule has 1 aromatic carbocycles. The molecule has 3 rings (SSSR count). The van der Waals surface area contributed by atoms with E-state index in [1.54, 1.807) is 42.9 Å². The van der Waals surface area contributed by atoms with E-state index in [1.807, 2.05) is 29.1 Å². The van der Waals surface area contributed by atoms with Crippen LogP contribution in [-0.2, 0) is 11.8 Å². The number of aryl methyl sites for hydroxylation is 1. The molecule has 0 fully saturated rings. The summed E-state index contributed by atoms with van der Waals surface area (Å²) in [4.78, 5) is 24.5. The third kappa shape index (κ3) is 3.45. The number of hydrogen-bond acceptors (Lipinski definition) is 4. The molecule has 0 saturated carbocycles. The van der Waals surface area contributed by atoms with Crippen LogP contribution in [0, 0.1) is 0 Å². The number of carbonyl (C=O) groups is 2. The Kier molecular flexibility index (Phi) is 4.65. The fourth-order valence-electron chi connectivity index (χ4n) is 2.51. The summed E-state index contributed by atoms with van der Waals surface area (Å²) in [5, 5.41) is 6.96. The van der Waals surface area contributed by atoms with Crippen molar-refractivity contribution in [3.05, 3.63) is 66.1 Å². The van der Waals surface area contributed by atoms with Crippen molar-refractivity contribution >= 4 is 17.6 Å². The largest absolute Gasteiger partial charge is 0.462 e. The molecule has 0 unspecified atom stereocenters. The van der Waals surface area contributed by atoms with Crippen molar-refractivity contribution < 1.29 is 14.3 Å². The van der Waals surface area contributed by atoms with Crippen LogP contribution in [0.2, 0.25) is 0 Å². The summed E-state index contributed by atoms with van der Waals surface area (Å²) in [6, 6.07) is 10.4. The topological polar surface area (TPSA) is 78.2 Å². The van der Waals surface area contributed by atoms with Crippen LogP contribution in [0.25, 0.3) is 5.82 Å². The number of ether oxygens (including phenoxy) is 1. The predicted octanol–water partition coefficient (Wildman–Crippen LogP) is 2.64. The number of carbonyl (C=O) groups excluding carboxylic acids is 2. The Hall–Kier alpha value is -3.35. The predicted molar refractivity (Wildman–Crippen MR) is 92.9 cm³/mol. The van der Waals surface area contributed by atoms with Crippen LogP contribution >= 0.6 is 0 Å². The van der Waals surface area contributed by atoms with Gasteiger partial charge < -0.3 is 14.6 Å². The lowest BCUT2D eigenvalue weighted by Gasteiger charge is -2.09. The van der Waals surface area contributed by atoms with Gasteiger partial charge in [0.2, 0.25) is 0 Å². The Bertz CT molecular complexity index is 897.